The molecule has 0 aromatic carbocycles. The first-order chi connectivity index (χ1) is 8.99. The van der Waals surface area contributed by atoms with Crippen LogP contribution in [0.25, 0.3) is 0 Å². The number of carboxylic acid groups (broad SMARTS) is 1. The summed E-state index contributed by atoms with van der Waals surface area (Å²) in [5, 5.41) is 14.3. The molecule has 1 atom stereocenters. The molecule has 0 radical (unpaired) electrons. The third kappa shape index (κ3) is 6.19. The van der Waals surface area contributed by atoms with Crippen molar-refractivity contribution in [2.75, 3.05) is 6.54 Å². The summed E-state index contributed by atoms with van der Waals surface area (Å²) in [5.74, 6) is -1.14. The van der Waals surface area contributed by atoms with Crippen molar-refractivity contribution in [3.05, 3.63) is 16.6 Å². The van der Waals surface area contributed by atoms with Gasteiger partial charge in [-0.1, -0.05) is 13.8 Å². The van der Waals surface area contributed by atoms with Gasteiger partial charge >= 0.3 is 12.0 Å². The number of urea groups is 1. The second kappa shape index (κ2) is 7.73. The Morgan fingerprint density at radius 1 is 1.42 bits per heavy atom. The number of rotatable bonds is 7. The normalized spacial score (nSPS) is 12.2. The number of hydrogen-bond acceptors (Lipinski definition) is 4. The van der Waals surface area contributed by atoms with E-state index in [2.05, 4.69) is 15.6 Å². The number of carboxylic acids is 1. The molecule has 1 heterocycles. The Morgan fingerprint density at radius 2 is 2.16 bits per heavy atom. The average Bonchev–Trinajstić information content (AvgIpc) is 2.84. The number of nitrogens with one attached hydrogen (secondary N) is 2. The lowest BCUT2D eigenvalue weighted by molar-refractivity contribution is -0.142. The minimum atomic E-state index is -0.878. The molecule has 2 amide bonds. The fraction of sp³-hybridized carbons (Fsp3) is 0.583. The number of amides is 2. The molecule has 0 aliphatic carbocycles. The van der Waals surface area contributed by atoms with Gasteiger partial charge in [0.15, 0.2) is 0 Å². The number of nitrogens with zero attached hydrogens (tertiary/aromatic N) is 1. The van der Waals surface area contributed by atoms with E-state index >= 15 is 0 Å². The topological polar surface area (TPSA) is 91.3 Å². The molecule has 1 unspecified atom stereocenters. The summed E-state index contributed by atoms with van der Waals surface area (Å²) in [4.78, 5) is 27.4. The smallest absolute Gasteiger partial charge is 0.315 e. The van der Waals surface area contributed by atoms with Crippen LogP contribution >= 0.6 is 11.3 Å². The van der Waals surface area contributed by atoms with Crippen LogP contribution in [0.3, 0.4) is 0 Å². The summed E-state index contributed by atoms with van der Waals surface area (Å²) < 4.78 is 0. The van der Waals surface area contributed by atoms with Crippen molar-refractivity contribution >= 4 is 23.3 Å². The van der Waals surface area contributed by atoms with Crippen LogP contribution in [0.15, 0.2) is 11.7 Å². The van der Waals surface area contributed by atoms with Crippen molar-refractivity contribution in [1.82, 2.24) is 15.6 Å². The van der Waals surface area contributed by atoms with Crippen LogP contribution < -0.4 is 10.6 Å². The van der Waals surface area contributed by atoms with E-state index in [1.807, 2.05) is 13.8 Å². The average molecular weight is 285 g/mol. The summed E-state index contributed by atoms with van der Waals surface area (Å²) in [7, 11) is 0. The molecule has 106 valence electrons. The van der Waals surface area contributed by atoms with Gasteiger partial charge in [-0.25, -0.2) is 4.79 Å². The standard InChI is InChI=1S/C12H19N3O3S/c1-8(2)3-9(11(16)17)4-14-12(18)15-6-10-5-13-7-19-10/h5,7-9H,3-4,6H2,1-2H3,(H,16,17)(H2,14,15,18). The zero-order valence-electron chi connectivity index (χ0n) is 11.0. The van der Waals surface area contributed by atoms with E-state index < -0.39 is 11.9 Å². The summed E-state index contributed by atoms with van der Waals surface area (Å²) in [6.45, 7) is 4.46. The lowest BCUT2D eigenvalue weighted by atomic mass is 9.97. The number of aliphatic carboxylic acids is 1. The highest BCUT2D eigenvalue weighted by molar-refractivity contribution is 7.09. The Morgan fingerprint density at radius 3 is 2.68 bits per heavy atom. The van der Waals surface area contributed by atoms with Gasteiger partial charge in [-0.05, 0) is 12.3 Å². The first-order valence-corrected chi connectivity index (χ1v) is 6.99. The SMILES string of the molecule is CC(C)CC(CNC(=O)NCc1cncs1)C(=O)O. The molecule has 0 spiro atoms. The first kappa shape index (κ1) is 15.4. The minimum absolute atomic E-state index is 0.141. The van der Waals surface area contributed by atoms with Gasteiger partial charge in [0.25, 0.3) is 0 Å². The van der Waals surface area contributed by atoms with E-state index in [1.54, 1.807) is 11.7 Å². The Balaban J connectivity index is 2.29. The molecule has 0 bridgehead atoms. The van der Waals surface area contributed by atoms with Crippen LogP contribution in [0.5, 0.6) is 0 Å². The zero-order valence-corrected chi connectivity index (χ0v) is 11.9. The molecule has 19 heavy (non-hydrogen) atoms. The molecule has 1 rings (SSSR count). The third-order valence-corrected chi connectivity index (χ3v) is 3.30. The first-order valence-electron chi connectivity index (χ1n) is 6.11. The summed E-state index contributed by atoms with van der Waals surface area (Å²) in [6, 6.07) is -0.358. The van der Waals surface area contributed by atoms with Crippen LogP contribution in [0.1, 0.15) is 25.1 Å². The molecule has 0 aliphatic rings. The molecule has 0 saturated carbocycles. The second-order valence-electron chi connectivity index (χ2n) is 4.70. The van der Waals surface area contributed by atoms with Gasteiger partial charge in [0.2, 0.25) is 0 Å². The second-order valence-corrected chi connectivity index (χ2v) is 5.67. The van der Waals surface area contributed by atoms with Crippen molar-refractivity contribution in [1.29, 1.82) is 0 Å². The third-order valence-electron chi connectivity index (χ3n) is 2.52. The van der Waals surface area contributed by atoms with Crippen LogP contribution in [0.4, 0.5) is 4.79 Å². The van der Waals surface area contributed by atoms with Crippen LogP contribution in [0, 0.1) is 11.8 Å². The molecule has 1 aromatic heterocycles. The van der Waals surface area contributed by atoms with Gasteiger partial charge in [-0.3, -0.25) is 9.78 Å². The molecule has 6 nitrogen and oxygen atoms in total. The summed E-state index contributed by atoms with van der Waals surface area (Å²) >= 11 is 1.45. The van der Waals surface area contributed by atoms with Crippen molar-refractivity contribution in [3.63, 3.8) is 0 Å². The number of carbonyl (C=O) groups excluding carboxylic acids is 1. The number of hydrogen-bond donors (Lipinski definition) is 3. The molecule has 3 N–H and O–H groups in total. The van der Waals surface area contributed by atoms with E-state index in [-0.39, 0.29) is 18.5 Å². The largest absolute Gasteiger partial charge is 0.481 e. The van der Waals surface area contributed by atoms with Crippen LogP contribution in [0.2, 0.25) is 0 Å². The summed E-state index contributed by atoms with van der Waals surface area (Å²) in [6.07, 6.45) is 2.23. The highest BCUT2D eigenvalue weighted by atomic mass is 32.1. The van der Waals surface area contributed by atoms with Gasteiger partial charge in [0, 0.05) is 17.6 Å². The Bertz CT molecular complexity index is 406. The number of carbonyl (C=O) groups is 2. The quantitative estimate of drug-likeness (QED) is 0.711. The lowest BCUT2D eigenvalue weighted by Gasteiger charge is -2.15. The van der Waals surface area contributed by atoms with E-state index in [1.165, 1.54) is 11.3 Å². The van der Waals surface area contributed by atoms with E-state index in [9.17, 15) is 9.59 Å². The number of aromatic nitrogens is 1. The lowest BCUT2D eigenvalue weighted by Crippen LogP contribution is -2.39. The van der Waals surface area contributed by atoms with Crippen LogP contribution in [-0.4, -0.2) is 28.6 Å². The van der Waals surface area contributed by atoms with Gasteiger partial charge in [0.1, 0.15) is 0 Å². The van der Waals surface area contributed by atoms with Crippen LogP contribution in [-0.2, 0) is 11.3 Å². The van der Waals surface area contributed by atoms with Crippen molar-refractivity contribution < 1.29 is 14.7 Å². The van der Waals surface area contributed by atoms with E-state index in [4.69, 9.17) is 5.11 Å². The summed E-state index contributed by atoms with van der Waals surface area (Å²) in [5.41, 5.74) is 1.69. The maximum absolute atomic E-state index is 11.5. The monoisotopic (exact) mass is 285 g/mol. The fourth-order valence-corrected chi connectivity index (χ4v) is 2.15. The van der Waals surface area contributed by atoms with Gasteiger partial charge < -0.3 is 15.7 Å². The molecular formula is C12H19N3O3S. The van der Waals surface area contributed by atoms with Crippen molar-refractivity contribution in [2.45, 2.75) is 26.8 Å². The molecule has 0 saturated heterocycles. The molecule has 1 aromatic rings. The number of thiazole rings is 1. The predicted octanol–water partition coefficient (Wildman–Crippen LogP) is 1.69. The fourth-order valence-electron chi connectivity index (χ4n) is 1.62. The Hall–Kier alpha value is -1.63. The maximum Gasteiger partial charge on any atom is 0.315 e. The Kier molecular flexibility index (Phi) is 6.27. The zero-order chi connectivity index (χ0) is 14.3. The minimum Gasteiger partial charge on any atom is -0.481 e. The predicted molar refractivity (Wildman–Crippen MR) is 72.9 cm³/mol. The Labute approximate surface area is 116 Å². The van der Waals surface area contributed by atoms with E-state index in [0.717, 1.165) is 4.88 Å². The van der Waals surface area contributed by atoms with Crippen molar-refractivity contribution in [2.24, 2.45) is 11.8 Å². The maximum atomic E-state index is 11.5. The molecule has 0 fully saturated rings. The molecule has 0 aliphatic heterocycles. The van der Waals surface area contributed by atoms with Crippen molar-refractivity contribution in [3.8, 4) is 0 Å². The molecular weight excluding hydrogens is 266 g/mol. The van der Waals surface area contributed by atoms with E-state index in [0.29, 0.717) is 13.0 Å². The highest BCUT2D eigenvalue weighted by Gasteiger charge is 2.19. The van der Waals surface area contributed by atoms with Gasteiger partial charge in [0.05, 0.1) is 18.0 Å². The van der Waals surface area contributed by atoms with Gasteiger partial charge in [-0.2, -0.15) is 0 Å². The molecule has 7 heteroatoms. The highest BCUT2D eigenvalue weighted by Crippen LogP contribution is 2.11. The van der Waals surface area contributed by atoms with Gasteiger partial charge in [-0.15, -0.1) is 11.3 Å².